The van der Waals surface area contributed by atoms with Crippen molar-refractivity contribution in [1.29, 1.82) is 0 Å². The van der Waals surface area contributed by atoms with E-state index in [4.69, 9.17) is 4.74 Å². The average molecular weight is 350 g/mol. The summed E-state index contributed by atoms with van der Waals surface area (Å²) < 4.78 is 32.9. The molecule has 7 heteroatoms. The van der Waals surface area contributed by atoms with E-state index in [-0.39, 0.29) is 4.90 Å². The fraction of sp³-hybridized carbons (Fsp3) is 0.412. The van der Waals surface area contributed by atoms with Gasteiger partial charge in [-0.25, -0.2) is 8.42 Å². The van der Waals surface area contributed by atoms with Gasteiger partial charge in [-0.2, -0.15) is 4.72 Å². The number of aromatic nitrogens is 1. The zero-order valence-corrected chi connectivity index (χ0v) is 15.3. The molecule has 1 atom stereocenters. The summed E-state index contributed by atoms with van der Waals surface area (Å²) in [6.45, 7) is 7.18. The fourth-order valence-corrected chi connectivity index (χ4v) is 3.94. The second-order valence-corrected chi connectivity index (χ2v) is 8.47. The number of pyridine rings is 1. The van der Waals surface area contributed by atoms with Crippen molar-refractivity contribution < 1.29 is 17.9 Å². The van der Waals surface area contributed by atoms with Crippen LogP contribution in [0.3, 0.4) is 0 Å². The Morgan fingerprint density at radius 2 is 1.96 bits per heavy atom. The van der Waals surface area contributed by atoms with Gasteiger partial charge in [-0.3, -0.25) is 9.78 Å². The van der Waals surface area contributed by atoms with Crippen LogP contribution in [0.25, 0.3) is 10.9 Å². The van der Waals surface area contributed by atoms with E-state index in [2.05, 4.69) is 9.71 Å². The lowest BCUT2D eigenvalue weighted by Gasteiger charge is -2.28. The lowest BCUT2D eigenvalue weighted by Crippen LogP contribution is -2.49. The molecule has 0 aliphatic heterocycles. The highest BCUT2D eigenvalue weighted by Crippen LogP contribution is 2.25. The van der Waals surface area contributed by atoms with Crippen molar-refractivity contribution in [3.8, 4) is 0 Å². The largest absolute Gasteiger partial charge is 0.468 e. The number of carbonyl (C=O) groups excluding carboxylic acids is 1. The van der Waals surface area contributed by atoms with Crippen LogP contribution in [0.1, 0.15) is 26.3 Å². The van der Waals surface area contributed by atoms with Crippen LogP contribution >= 0.6 is 0 Å². The van der Waals surface area contributed by atoms with Crippen LogP contribution < -0.4 is 4.72 Å². The van der Waals surface area contributed by atoms with Gasteiger partial charge in [0.2, 0.25) is 10.0 Å². The number of fused-ring (bicyclic) bond motifs is 1. The number of rotatable bonds is 4. The van der Waals surface area contributed by atoms with Crippen molar-refractivity contribution in [2.75, 3.05) is 7.11 Å². The predicted octanol–water partition coefficient (Wildman–Crippen LogP) is 2.41. The van der Waals surface area contributed by atoms with Crippen molar-refractivity contribution in [2.24, 2.45) is 5.41 Å². The van der Waals surface area contributed by atoms with Crippen LogP contribution in [-0.4, -0.2) is 32.5 Å². The van der Waals surface area contributed by atoms with E-state index in [1.54, 1.807) is 39.1 Å². The molecule has 2 rings (SSSR count). The van der Waals surface area contributed by atoms with Crippen LogP contribution in [0.5, 0.6) is 0 Å². The van der Waals surface area contributed by atoms with E-state index in [1.807, 2.05) is 13.0 Å². The number of sulfonamides is 1. The highest BCUT2D eigenvalue weighted by atomic mass is 32.2. The number of methoxy groups -OCH3 is 1. The fourth-order valence-electron chi connectivity index (χ4n) is 2.37. The van der Waals surface area contributed by atoms with Gasteiger partial charge >= 0.3 is 5.97 Å². The Kier molecular flexibility index (Phi) is 4.96. The molecule has 0 saturated carbocycles. The minimum atomic E-state index is -3.95. The lowest BCUT2D eigenvalue weighted by molar-refractivity contribution is -0.145. The molecule has 0 radical (unpaired) electrons. The number of carbonyl (C=O) groups is 1. The number of ether oxygens (including phenoxy) is 1. The molecule has 0 amide bonds. The number of hydrogen-bond acceptors (Lipinski definition) is 5. The third kappa shape index (κ3) is 3.73. The number of para-hydroxylation sites is 1. The number of hydrogen-bond donors (Lipinski definition) is 1. The average Bonchev–Trinajstić information content (AvgIpc) is 2.50. The number of aryl methyl sites for hydroxylation is 1. The maximum atomic E-state index is 12.8. The van der Waals surface area contributed by atoms with Crippen molar-refractivity contribution in [3.63, 3.8) is 0 Å². The molecule has 1 aromatic heterocycles. The van der Waals surface area contributed by atoms with E-state index in [9.17, 15) is 13.2 Å². The molecule has 2 aromatic rings. The second kappa shape index (κ2) is 6.49. The monoisotopic (exact) mass is 350 g/mol. The minimum Gasteiger partial charge on any atom is -0.468 e. The molecule has 0 aliphatic rings. The standard InChI is InChI=1S/C17H22N2O4S/c1-11-9-12-7-6-8-13(14(12)18-10-11)24(21,22)19-15(16(20)23-5)17(2,3)4/h6-10,15,19H,1-5H3. The summed E-state index contributed by atoms with van der Waals surface area (Å²) in [7, 11) is -2.72. The van der Waals surface area contributed by atoms with Crippen LogP contribution in [-0.2, 0) is 19.6 Å². The Morgan fingerprint density at radius 1 is 1.29 bits per heavy atom. The summed E-state index contributed by atoms with van der Waals surface area (Å²) in [5, 5.41) is 0.725. The molecule has 0 bridgehead atoms. The molecule has 0 spiro atoms. The smallest absolute Gasteiger partial charge is 0.324 e. The second-order valence-electron chi connectivity index (χ2n) is 6.78. The molecule has 24 heavy (non-hydrogen) atoms. The van der Waals surface area contributed by atoms with Crippen molar-refractivity contribution in [1.82, 2.24) is 9.71 Å². The highest BCUT2D eigenvalue weighted by Gasteiger charge is 2.36. The summed E-state index contributed by atoms with van der Waals surface area (Å²) >= 11 is 0. The van der Waals surface area contributed by atoms with Gasteiger partial charge in [0.25, 0.3) is 0 Å². The quantitative estimate of drug-likeness (QED) is 0.856. The molecule has 0 saturated heterocycles. The third-order valence-electron chi connectivity index (χ3n) is 3.68. The van der Waals surface area contributed by atoms with E-state index in [0.717, 1.165) is 10.9 Å². The van der Waals surface area contributed by atoms with Crippen LogP contribution in [0.4, 0.5) is 0 Å². The maximum absolute atomic E-state index is 12.8. The molecular weight excluding hydrogens is 328 g/mol. The summed E-state index contributed by atoms with van der Waals surface area (Å²) in [5.74, 6) is -0.630. The zero-order chi connectivity index (χ0) is 18.1. The number of benzene rings is 1. The first-order valence-corrected chi connectivity index (χ1v) is 9.00. The Morgan fingerprint density at radius 3 is 2.54 bits per heavy atom. The molecule has 1 unspecified atom stereocenters. The third-order valence-corrected chi connectivity index (χ3v) is 5.13. The van der Waals surface area contributed by atoms with Gasteiger partial charge in [0, 0.05) is 11.6 Å². The van der Waals surface area contributed by atoms with E-state index < -0.39 is 27.4 Å². The first-order chi connectivity index (χ1) is 11.1. The molecule has 0 fully saturated rings. The van der Waals surface area contributed by atoms with Gasteiger partial charge in [0.1, 0.15) is 10.9 Å². The van der Waals surface area contributed by atoms with Gasteiger partial charge in [0.05, 0.1) is 12.6 Å². The van der Waals surface area contributed by atoms with Crippen molar-refractivity contribution >= 4 is 26.9 Å². The summed E-state index contributed by atoms with van der Waals surface area (Å²) in [4.78, 5) is 16.3. The molecular formula is C17H22N2O4S. The summed E-state index contributed by atoms with van der Waals surface area (Å²) in [5.41, 5.74) is 0.662. The molecule has 1 N–H and O–H groups in total. The summed E-state index contributed by atoms with van der Waals surface area (Å²) in [6.07, 6.45) is 1.61. The van der Waals surface area contributed by atoms with Gasteiger partial charge in [-0.05, 0) is 30.0 Å². The van der Waals surface area contributed by atoms with Crippen LogP contribution in [0.15, 0.2) is 35.4 Å². The maximum Gasteiger partial charge on any atom is 0.324 e. The highest BCUT2D eigenvalue weighted by molar-refractivity contribution is 7.89. The van der Waals surface area contributed by atoms with E-state index in [0.29, 0.717) is 5.52 Å². The molecule has 130 valence electrons. The molecule has 0 aliphatic carbocycles. The van der Waals surface area contributed by atoms with Gasteiger partial charge in [0.15, 0.2) is 0 Å². The van der Waals surface area contributed by atoms with Crippen LogP contribution in [0, 0.1) is 12.3 Å². The van der Waals surface area contributed by atoms with Gasteiger partial charge < -0.3 is 4.74 Å². The summed E-state index contributed by atoms with van der Waals surface area (Å²) in [6, 6.07) is 5.79. The first kappa shape index (κ1) is 18.4. The van der Waals surface area contributed by atoms with Gasteiger partial charge in [-0.15, -0.1) is 0 Å². The Balaban J connectivity index is 2.53. The first-order valence-electron chi connectivity index (χ1n) is 7.52. The SMILES string of the molecule is COC(=O)C(NS(=O)(=O)c1cccc2cc(C)cnc12)C(C)(C)C. The molecule has 6 nitrogen and oxygen atoms in total. The number of nitrogens with zero attached hydrogens (tertiary/aromatic N) is 1. The van der Waals surface area contributed by atoms with Crippen LogP contribution in [0.2, 0.25) is 0 Å². The van der Waals surface area contributed by atoms with Crippen molar-refractivity contribution in [2.45, 2.75) is 38.6 Å². The number of nitrogens with one attached hydrogen (secondary N) is 1. The minimum absolute atomic E-state index is 0.0400. The van der Waals surface area contributed by atoms with E-state index in [1.165, 1.54) is 13.2 Å². The zero-order valence-electron chi connectivity index (χ0n) is 14.5. The Bertz CT molecular complexity index is 870. The predicted molar refractivity (Wildman–Crippen MR) is 92.1 cm³/mol. The lowest BCUT2D eigenvalue weighted by atomic mass is 9.87. The Hall–Kier alpha value is -1.99. The number of esters is 1. The van der Waals surface area contributed by atoms with E-state index >= 15 is 0 Å². The Labute approximate surface area is 142 Å². The normalized spacial score (nSPS) is 13.7. The topological polar surface area (TPSA) is 85.4 Å². The molecule has 1 heterocycles. The molecule has 1 aromatic carbocycles. The van der Waals surface area contributed by atoms with Crippen molar-refractivity contribution in [3.05, 3.63) is 36.0 Å². The van der Waals surface area contributed by atoms with Gasteiger partial charge in [-0.1, -0.05) is 32.9 Å².